The van der Waals surface area contributed by atoms with Crippen molar-refractivity contribution in [1.29, 1.82) is 0 Å². The highest BCUT2D eigenvalue weighted by Crippen LogP contribution is 1.83. The smallest absolute Gasteiger partial charge is 0.173 e. The fourth-order valence-electron chi connectivity index (χ4n) is 0.143. The highest BCUT2D eigenvalue weighted by Gasteiger charge is 1.68. The Balaban J connectivity index is 0. The van der Waals surface area contributed by atoms with E-state index in [9.17, 15) is 0 Å². The lowest BCUT2D eigenvalue weighted by Crippen LogP contribution is -1.74. The Labute approximate surface area is 57.3 Å². The number of rotatable bonds is 2. The lowest BCUT2D eigenvalue weighted by atomic mass is 10.6. The lowest BCUT2D eigenvalue weighted by Gasteiger charge is -1.83. The van der Waals surface area contributed by atoms with E-state index in [1.165, 1.54) is 6.40 Å². The number of allylic oxidation sites excluding steroid dienone is 1. The van der Waals surface area contributed by atoms with Crippen LogP contribution in [0.5, 0.6) is 0 Å². The standard InChI is InChI=1S/C5H9NO.C2H6/c1-5(2)6-4-7-3;1-2/h4H,1H2,2-3H3;1-2H3. The van der Waals surface area contributed by atoms with Crippen LogP contribution in [-0.4, -0.2) is 13.5 Å². The van der Waals surface area contributed by atoms with Gasteiger partial charge in [0, 0.05) is 5.70 Å². The van der Waals surface area contributed by atoms with E-state index in [-0.39, 0.29) is 0 Å². The molecule has 0 saturated heterocycles. The molecule has 0 aromatic rings. The van der Waals surface area contributed by atoms with Crippen molar-refractivity contribution < 1.29 is 4.74 Å². The Morgan fingerprint density at radius 1 is 1.56 bits per heavy atom. The third-order valence-electron chi connectivity index (χ3n) is 0.379. The van der Waals surface area contributed by atoms with Gasteiger partial charge in [-0.3, -0.25) is 0 Å². The second kappa shape index (κ2) is 10.2. The topological polar surface area (TPSA) is 21.6 Å². The van der Waals surface area contributed by atoms with Crippen LogP contribution in [0.2, 0.25) is 0 Å². The monoisotopic (exact) mass is 129 g/mol. The van der Waals surface area contributed by atoms with Gasteiger partial charge >= 0.3 is 0 Å². The van der Waals surface area contributed by atoms with Crippen LogP contribution in [0.3, 0.4) is 0 Å². The predicted octanol–water partition coefficient (Wildman–Crippen LogP) is 2.22. The predicted molar refractivity (Wildman–Crippen MR) is 41.7 cm³/mol. The first-order valence-corrected chi connectivity index (χ1v) is 2.98. The molecule has 0 aliphatic heterocycles. The number of aliphatic imine (C=N–C) groups is 1. The zero-order chi connectivity index (χ0) is 7.70. The van der Waals surface area contributed by atoms with Crippen molar-refractivity contribution in [3.63, 3.8) is 0 Å². The summed E-state index contributed by atoms with van der Waals surface area (Å²) >= 11 is 0. The molecule has 9 heavy (non-hydrogen) atoms. The second-order valence-electron chi connectivity index (χ2n) is 1.21. The average molecular weight is 129 g/mol. The quantitative estimate of drug-likeness (QED) is 0.414. The van der Waals surface area contributed by atoms with Gasteiger partial charge in [0.1, 0.15) is 0 Å². The molecule has 0 N–H and O–H groups in total. The number of nitrogens with zero attached hydrogens (tertiary/aromatic N) is 1. The van der Waals surface area contributed by atoms with Crippen LogP contribution in [0.4, 0.5) is 0 Å². The minimum absolute atomic E-state index is 0.752. The second-order valence-corrected chi connectivity index (χ2v) is 1.21. The molecule has 0 spiro atoms. The third-order valence-corrected chi connectivity index (χ3v) is 0.379. The SMILES string of the molecule is C=C(C)N=COC.CC. The van der Waals surface area contributed by atoms with E-state index in [1.54, 1.807) is 14.0 Å². The average Bonchev–Trinajstić information content (AvgIpc) is 1.88. The highest BCUT2D eigenvalue weighted by molar-refractivity contribution is 5.47. The molecule has 2 nitrogen and oxygen atoms in total. The number of ether oxygens (including phenoxy) is 1. The van der Waals surface area contributed by atoms with E-state index in [2.05, 4.69) is 16.3 Å². The summed E-state index contributed by atoms with van der Waals surface area (Å²) in [6.45, 7) is 9.32. The van der Waals surface area contributed by atoms with E-state index in [1.807, 2.05) is 13.8 Å². The van der Waals surface area contributed by atoms with Crippen molar-refractivity contribution in [2.45, 2.75) is 20.8 Å². The molecule has 0 fully saturated rings. The maximum atomic E-state index is 4.50. The Hall–Kier alpha value is -0.790. The first-order chi connectivity index (χ1) is 4.27. The molecule has 0 atom stereocenters. The molecule has 0 unspecified atom stereocenters. The maximum absolute atomic E-state index is 4.50. The van der Waals surface area contributed by atoms with E-state index in [4.69, 9.17) is 0 Å². The van der Waals surface area contributed by atoms with Gasteiger partial charge in [-0.15, -0.1) is 0 Å². The Morgan fingerprint density at radius 2 is 2.00 bits per heavy atom. The third kappa shape index (κ3) is 19.0. The summed E-state index contributed by atoms with van der Waals surface area (Å²) < 4.78 is 4.50. The van der Waals surface area contributed by atoms with E-state index in [0.29, 0.717) is 0 Å². The van der Waals surface area contributed by atoms with Gasteiger partial charge in [0.05, 0.1) is 7.11 Å². The first-order valence-electron chi connectivity index (χ1n) is 2.98. The van der Waals surface area contributed by atoms with Crippen molar-refractivity contribution >= 4 is 6.40 Å². The van der Waals surface area contributed by atoms with Crippen molar-refractivity contribution in [2.24, 2.45) is 4.99 Å². The van der Waals surface area contributed by atoms with Crippen LogP contribution in [0, 0.1) is 0 Å². The van der Waals surface area contributed by atoms with Crippen LogP contribution in [-0.2, 0) is 4.74 Å². The zero-order valence-electron chi connectivity index (χ0n) is 6.64. The number of hydrogen-bond donors (Lipinski definition) is 0. The molecule has 0 heterocycles. The summed E-state index contributed by atoms with van der Waals surface area (Å²) in [7, 11) is 1.55. The molecule has 0 saturated carbocycles. The van der Waals surface area contributed by atoms with E-state index in [0.717, 1.165) is 5.70 Å². The molecular formula is C7H15NO. The molecule has 54 valence electrons. The molecule has 0 aromatic carbocycles. The molecule has 0 radical (unpaired) electrons. The molecule has 0 aliphatic rings. The van der Waals surface area contributed by atoms with Gasteiger partial charge in [-0.05, 0) is 6.92 Å². The van der Waals surface area contributed by atoms with Crippen molar-refractivity contribution in [1.82, 2.24) is 0 Å². The molecule has 0 rings (SSSR count). The Kier molecular flexibility index (Phi) is 12.6. The summed E-state index contributed by atoms with van der Waals surface area (Å²) in [5.74, 6) is 0. The molecule has 0 bridgehead atoms. The number of methoxy groups -OCH3 is 1. The molecule has 2 heteroatoms. The Bertz CT molecular complexity index is 86.9. The van der Waals surface area contributed by atoms with Gasteiger partial charge in [-0.1, -0.05) is 20.4 Å². The maximum Gasteiger partial charge on any atom is 0.173 e. The summed E-state index contributed by atoms with van der Waals surface area (Å²) in [4.78, 5) is 3.70. The summed E-state index contributed by atoms with van der Waals surface area (Å²) in [6.07, 6.45) is 1.35. The summed E-state index contributed by atoms with van der Waals surface area (Å²) in [6, 6.07) is 0. The lowest BCUT2D eigenvalue weighted by molar-refractivity contribution is 0.422. The summed E-state index contributed by atoms with van der Waals surface area (Å²) in [5.41, 5.74) is 0.752. The van der Waals surface area contributed by atoms with Crippen LogP contribution < -0.4 is 0 Å². The molecular weight excluding hydrogens is 114 g/mol. The largest absolute Gasteiger partial charge is 0.486 e. The van der Waals surface area contributed by atoms with E-state index >= 15 is 0 Å². The highest BCUT2D eigenvalue weighted by atomic mass is 16.5. The number of hydrogen-bond acceptors (Lipinski definition) is 2. The van der Waals surface area contributed by atoms with Gasteiger partial charge in [-0.25, -0.2) is 4.99 Å². The van der Waals surface area contributed by atoms with Crippen molar-refractivity contribution in [2.75, 3.05) is 7.11 Å². The fourth-order valence-corrected chi connectivity index (χ4v) is 0.143. The molecule has 0 amide bonds. The van der Waals surface area contributed by atoms with Crippen LogP contribution in [0.1, 0.15) is 20.8 Å². The Morgan fingerprint density at radius 3 is 2.11 bits per heavy atom. The van der Waals surface area contributed by atoms with Gasteiger partial charge in [-0.2, -0.15) is 0 Å². The van der Waals surface area contributed by atoms with Crippen molar-refractivity contribution in [3.8, 4) is 0 Å². The normalized spacial score (nSPS) is 8.00. The fraction of sp³-hybridized carbons (Fsp3) is 0.571. The first kappa shape index (κ1) is 11.1. The van der Waals surface area contributed by atoms with E-state index < -0.39 is 0 Å². The zero-order valence-corrected chi connectivity index (χ0v) is 6.64. The van der Waals surface area contributed by atoms with Crippen molar-refractivity contribution in [3.05, 3.63) is 12.3 Å². The summed E-state index contributed by atoms with van der Waals surface area (Å²) in [5, 5.41) is 0. The molecule has 0 aliphatic carbocycles. The van der Waals surface area contributed by atoms with Crippen LogP contribution >= 0.6 is 0 Å². The van der Waals surface area contributed by atoms with Crippen LogP contribution in [0.25, 0.3) is 0 Å². The van der Waals surface area contributed by atoms with Gasteiger partial charge in [0.15, 0.2) is 6.40 Å². The van der Waals surface area contributed by atoms with Gasteiger partial charge in [0.2, 0.25) is 0 Å². The minimum Gasteiger partial charge on any atom is -0.486 e. The van der Waals surface area contributed by atoms with Gasteiger partial charge < -0.3 is 4.74 Å². The minimum atomic E-state index is 0.752. The van der Waals surface area contributed by atoms with Crippen LogP contribution in [0.15, 0.2) is 17.3 Å². The molecule has 0 aromatic heterocycles. The van der Waals surface area contributed by atoms with Gasteiger partial charge in [0.25, 0.3) is 0 Å².